The molecule has 0 aliphatic carbocycles. The van der Waals surface area contributed by atoms with E-state index in [9.17, 15) is 5.11 Å². The molecular weight excluding hydrogens is 214 g/mol. The standard InChI is InChI=1S/C13H21N3O/c1-15-5-7-16(8-6-15)13(10-14)11-3-2-4-12(17)9-11/h2-4,9,13,17H,5-8,10,14H2,1H3. The summed E-state index contributed by atoms with van der Waals surface area (Å²) in [6.07, 6.45) is 0. The fraction of sp³-hybridized carbons (Fsp3) is 0.538. The molecule has 0 spiro atoms. The molecule has 17 heavy (non-hydrogen) atoms. The maximum atomic E-state index is 9.53. The Bertz CT molecular complexity index is 361. The van der Waals surface area contributed by atoms with Gasteiger partial charge >= 0.3 is 0 Å². The molecule has 4 nitrogen and oxygen atoms in total. The highest BCUT2D eigenvalue weighted by atomic mass is 16.3. The van der Waals surface area contributed by atoms with Crippen LogP contribution in [-0.4, -0.2) is 54.7 Å². The lowest BCUT2D eigenvalue weighted by atomic mass is 10.0. The molecular formula is C13H21N3O. The van der Waals surface area contributed by atoms with Crippen LogP contribution in [-0.2, 0) is 0 Å². The van der Waals surface area contributed by atoms with Crippen LogP contribution in [0.4, 0.5) is 0 Å². The number of piperazine rings is 1. The summed E-state index contributed by atoms with van der Waals surface area (Å²) in [5, 5.41) is 9.53. The smallest absolute Gasteiger partial charge is 0.115 e. The minimum atomic E-state index is 0.218. The molecule has 1 atom stereocenters. The van der Waals surface area contributed by atoms with Crippen LogP contribution in [0.25, 0.3) is 0 Å². The predicted molar refractivity (Wildman–Crippen MR) is 69.0 cm³/mol. The number of aromatic hydroxyl groups is 1. The monoisotopic (exact) mass is 235 g/mol. The summed E-state index contributed by atoms with van der Waals surface area (Å²) >= 11 is 0. The molecule has 1 aromatic rings. The van der Waals surface area contributed by atoms with Gasteiger partial charge in [-0.25, -0.2) is 0 Å². The van der Waals surface area contributed by atoms with Crippen molar-refractivity contribution in [1.82, 2.24) is 9.80 Å². The number of hydrogen-bond acceptors (Lipinski definition) is 4. The van der Waals surface area contributed by atoms with Crippen LogP contribution < -0.4 is 5.73 Å². The summed E-state index contributed by atoms with van der Waals surface area (Å²) in [6, 6.07) is 7.64. The molecule has 1 saturated heterocycles. The van der Waals surface area contributed by atoms with Crippen molar-refractivity contribution < 1.29 is 5.11 Å². The maximum Gasteiger partial charge on any atom is 0.115 e. The molecule has 4 heteroatoms. The minimum absolute atomic E-state index is 0.218. The Morgan fingerprint density at radius 3 is 2.59 bits per heavy atom. The van der Waals surface area contributed by atoms with Crippen LogP contribution in [0.15, 0.2) is 24.3 Å². The van der Waals surface area contributed by atoms with Gasteiger partial charge in [0.05, 0.1) is 0 Å². The predicted octanol–water partition coefficient (Wildman–Crippen LogP) is 0.639. The van der Waals surface area contributed by atoms with Crippen LogP contribution in [0, 0.1) is 0 Å². The second kappa shape index (κ2) is 5.49. The Morgan fingerprint density at radius 2 is 2.00 bits per heavy atom. The van der Waals surface area contributed by atoms with Crippen LogP contribution in [0.5, 0.6) is 5.75 Å². The van der Waals surface area contributed by atoms with Crippen LogP contribution >= 0.6 is 0 Å². The molecule has 0 saturated carbocycles. The quantitative estimate of drug-likeness (QED) is 0.807. The normalized spacial score (nSPS) is 20.4. The third-order valence-electron chi connectivity index (χ3n) is 3.46. The van der Waals surface area contributed by atoms with Crippen molar-refractivity contribution in [3.05, 3.63) is 29.8 Å². The van der Waals surface area contributed by atoms with Crippen molar-refractivity contribution in [3.63, 3.8) is 0 Å². The fourth-order valence-corrected chi connectivity index (χ4v) is 2.36. The zero-order valence-corrected chi connectivity index (χ0v) is 10.3. The number of benzene rings is 1. The molecule has 94 valence electrons. The van der Waals surface area contributed by atoms with Crippen molar-refractivity contribution in [2.75, 3.05) is 39.8 Å². The summed E-state index contributed by atoms with van der Waals surface area (Å²) in [5.74, 6) is 0.315. The molecule has 1 fully saturated rings. The lowest BCUT2D eigenvalue weighted by Crippen LogP contribution is -2.47. The highest BCUT2D eigenvalue weighted by Gasteiger charge is 2.22. The van der Waals surface area contributed by atoms with E-state index in [4.69, 9.17) is 5.73 Å². The number of likely N-dealkylation sites (N-methyl/N-ethyl adjacent to an activating group) is 1. The van der Waals surface area contributed by atoms with Crippen LogP contribution in [0.3, 0.4) is 0 Å². The number of nitrogens with two attached hydrogens (primary N) is 1. The molecule has 2 rings (SSSR count). The maximum absolute atomic E-state index is 9.53. The summed E-state index contributed by atoms with van der Waals surface area (Å²) < 4.78 is 0. The Kier molecular flexibility index (Phi) is 3.99. The Morgan fingerprint density at radius 1 is 1.29 bits per heavy atom. The van der Waals surface area contributed by atoms with E-state index in [1.807, 2.05) is 18.2 Å². The van der Waals surface area contributed by atoms with Crippen molar-refractivity contribution in [3.8, 4) is 5.75 Å². The molecule has 1 aromatic carbocycles. The SMILES string of the molecule is CN1CCN(C(CN)c2cccc(O)c2)CC1. The topological polar surface area (TPSA) is 52.7 Å². The van der Waals surface area contributed by atoms with E-state index in [-0.39, 0.29) is 6.04 Å². The molecule has 0 radical (unpaired) electrons. The number of hydrogen-bond donors (Lipinski definition) is 2. The van der Waals surface area contributed by atoms with E-state index in [0.29, 0.717) is 12.3 Å². The second-order valence-corrected chi connectivity index (χ2v) is 4.69. The molecule has 0 bridgehead atoms. The van der Waals surface area contributed by atoms with Gasteiger partial charge in [-0.3, -0.25) is 4.90 Å². The van der Waals surface area contributed by atoms with E-state index in [1.54, 1.807) is 6.07 Å². The van der Waals surface area contributed by atoms with Gasteiger partial charge in [0.2, 0.25) is 0 Å². The number of nitrogens with zero attached hydrogens (tertiary/aromatic N) is 2. The van der Waals surface area contributed by atoms with E-state index in [1.165, 1.54) is 0 Å². The van der Waals surface area contributed by atoms with Crippen molar-refractivity contribution in [1.29, 1.82) is 0 Å². The molecule has 1 heterocycles. The van der Waals surface area contributed by atoms with E-state index in [2.05, 4.69) is 16.8 Å². The zero-order chi connectivity index (χ0) is 12.3. The van der Waals surface area contributed by atoms with Crippen molar-refractivity contribution in [2.45, 2.75) is 6.04 Å². The fourth-order valence-electron chi connectivity index (χ4n) is 2.36. The van der Waals surface area contributed by atoms with E-state index in [0.717, 1.165) is 31.7 Å². The number of phenolic OH excluding ortho intramolecular Hbond substituents is 1. The summed E-state index contributed by atoms with van der Waals surface area (Å²) in [6.45, 7) is 4.82. The number of rotatable bonds is 3. The molecule has 1 aliphatic heterocycles. The molecule has 0 amide bonds. The Balaban J connectivity index is 2.10. The first-order valence-electron chi connectivity index (χ1n) is 6.12. The molecule has 1 aliphatic rings. The van der Waals surface area contributed by atoms with Gasteiger partial charge in [-0.15, -0.1) is 0 Å². The lowest BCUT2D eigenvalue weighted by molar-refractivity contribution is 0.114. The van der Waals surface area contributed by atoms with Gasteiger partial charge in [0.25, 0.3) is 0 Å². The third kappa shape index (κ3) is 2.97. The Hall–Kier alpha value is -1.10. The average Bonchev–Trinajstić information content (AvgIpc) is 2.33. The molecule has 0 aromatic heterocycles. The Labute approximate surface area is 103 Å². The largest absolute Gasteiger partial charge is 0.508 e. The highest BCUT2D eigenvalue weighted by Crippen LogP contribution is 2.23. The summed E-state index contributed by atoms with van der Waals surface area (Å²) in [5.41, 5.74) is 6.99. The van der Waals surface area contributed by atoms with Gasteiger partial charge in [0.1, 0.15) is 5.75 Å². The van der Waals surface area contributed by atoms with Crippen molar-refractivity contribution >= 4 is 0 Å². The first-order chi connectivity index (χ1) is 8.20. The van der Waals surface area contributed by atoms with Gasteiger partial charge in [0, 0.05) is 38.8 Å². The van der Waals surface area contributed by atoms with Crippen molar-refractivity contribution in [2.24, 2.45) is 5.73 Å². The average molecular weight is 235 g/mol. The molecule has 1 unspecified atom stereocenters. The lowest BCUT2D eigenvalue weighted by Gasteiger charge is -2.37. The first-order valence-corrected chi connectivity index (χ1v) is 6.12. The van der Waals surface area contributed by atoms with Crippen LogP contribution in [0.1, 0.15) is 11.6 Å². The van der Waals surface area contributed by atoms with Gasteiger partial charge in [0.15, 0.2) is 0 Å². The minimum Gasteiger partial charge on any atom is -0.508 e. The van der Waals surface area contributed by atoms with Gasteiger partial charge in [-0.05, 0) is 24.7 Å². The van der Waals surface area contributed by atoms with E-state index >= 15 is 0 Å². The summed E-state index contributed by atoms with van der Waals surface area (Å²) in [4.78, 5) is 4.72. The van der Waals surface area contributed by atoms with E-state index < -0.39 is 0 Å². The first kappa shape index (κ1) is 12.4. The third-order valence-corrected chi connectivity index (χ3v) is 3.46. The number of phenols is 1. The van der Waals surface area contributed by atoms with Gasteiger partial charge < -0.3 is 15.7 Å². The zero-order valence-electron chi connectivity index (χ0n) is 10.3. The van der Waals surface area contributed by atoms with Gasteiger partial charge in [-0.1, -0.05) is 12.1 Å². The summed E-state index contributed by atoms with van der Waals surface area (Å²) in [7, 11) is 2.14. The highest BCUT2D eigenvalue weighted by molar-refractivity contribution is 5.29. The molecule has 3 N–H and O–H groups in total. The van der Waals surface area contributed by atoms with Gasteiger partial charge in [-0.2, -0.15) is 0 Å². The second-order valence-electron chi connectivity index (χ2n) is 4.69. The van der Waals surface area contributed by atoms with Crippen LogP contribution in [0.2, 0.25) is 0 Å².